The Morgan fingerprint density at radius 1 is 1.00 bits per heavy atom. The van der Waals surface area contributed by atoms with Crippen LogP contribution in [0.5, 0.6) is 0 Å². The lowest BCUT2D eigenvalue weighted by molar-refractivity contribution is 0.162. The van der Waals surface area contributed by atoms with E-state index >= 15 is 0 Å². The number of hydrogen-bond donors (Lipinski definition) is 0. The Morgan fingerprint density at radius 2 is 1.56 bits per heavy atom. The van der Waals surface area contributed by atoms with Crippen LogP contribution in [0.15, 0.2) is 23.1 Å². The summed E-state index contributed by atoms with van der Waals surface area (Å²) in [6.45, 7) is 0. The van der Waals surface area contributed by atoms with E-state index in [2.05, 4.69) is 0 Å². The summed E-state index contributed by atoms with van der Waals surface area (Å²) in [6, 6.07) is 4.19. The van der Waals surface area contributed by atoms with Crippen molar-refractivity contribution in [1.29, 1.82) is 0 Å². The lowest BCUT2D eigenvalue weighted by Crippen LogP contribution is -2.21. The second kappa shape index (κ2) is 5.78. The average Bonchev–Trinajstić information content (AvgIpc) is 2.28. The van der Waals surface area contributed by atoms with Gasteiger partial charge in [-0.15, -0.1) is 0 Å². The largest absolute Gasteiger partial charge is 0.297 e. The zero-order valence-electron chi connectivity index (χ0n) is 9.73. The number of hydrogen-bond acceptors (Lipinski definition) is 3. The molecule has 1 aromatic carbocycles. The third-order valence-corrected chi connectivity index (χ3v) is 4.71. The zero-order valence-corrected chi connectivity index (χ0v) is 12.1. The van der Waals surface area contributed by atoms with Gasteiger partial charge in [0.25, 0.3) is 10.1 Å². The first-order valence-electron chi connectivity index (χ1n) is 5.87. The SMILES string of the molecule is O=S(=O)(OC1CCCCC1)c1cc(Cl)cc(Cl)c1. The molecule has 1 saturated carbocycles. The normalized spacial score (nSPS) is 17.9. The first-order chi connectivity index (χ1) is 8.47. The van der Waals surface area contributed by atoms with Crippen LogP contribution in [0, 0.1) is 0 Å². The van der Waals surface area contributed by atoms with Gasteiger partial charge in [0.2, 0.25) is 0 Å². The highest BCUT2D eigenvalue weighted by Crippen LogP contribution is 2.27. The fourth-order valence-electron chi connectivity index (χ4n) is 2.07. The fraction of sp³-hybridized carbons (Fsp3) is 0.500. The Labute approximate surface area is 117 Å². The van der Waals surface area contributed by atoms with Gasteiger partial charge < -0.3 is 0 Å². The van der Waals surface area contributed by atoms with E-state index in [-0.39, 0.29) is 21.0 Å². The molecule has 0 aliphatic heterocycles. The van der Waals surface area contributed by atoms with E-state index in [0.717, 1.165) is 32.1 Å². The molecule has 0 aromatic heterocycles. The van der Waals surface area contributed by atoms with E-state index in [9.17, 15) is 8.42 Å². The molecule has 0 N–H and O–H groups in total. The van der Waals surface area contributed by atoms with E-state index in [4.69, 9.17) is 27.4 Å². The van der Waals surface area contributed by atoms with E-state index < -0.39 is 10.1 Å². The first-order valence-corrected chi connectivity index (χ1v) is 8.03. The predicted molar refractivity (Wildman–Crippen MR) is 71.6 cm³/mol. The minimum Gasteiger partial charge on any atom is -0.263 e. The van der Waals surface area contributed by atoms with Crippen molar-refractivity contribution in [1.82, 2.24) is 0 Å². The second-order valence-corrected chi connectivity index (χ2v) is 6.86. The van der Waals surface area contributed by atoms with Crippen LogP contribution in [0.3, 0.4) is 0 Å². The van der Waals surface area contributed by atoms with E-state index in [1.165, 1.54) is 18.2 Å². The van der Waals surface area contributed by atoms with Crippen LogP contribution in [0.25, 0.3) is 0 Å². The molecule has 0 bridgehead atoms. The Balaban J connectivity index is 2.19. The molecule has 0 radical (unpaired) electrons. The topological polar surface area (TPSA) is 43.4 Å². The van der Waals surface area contributed by atoms with Gasteiger partial charge in [-0.05, 0) is 31.0 Å². The van der Waals surface area contributed by atoms with Gasteiger partial charge in [0.1, 0.15) is 0 Å². The summed E-state index contributed by atoms with van der Waals surface area (Å²) in [4.78, 5) is 0.0190. The van der Waals surface area contributed by atoms with Crippen LogP contribution >= 0.6 is 23.2 Å². The van der Waals surface area contributed by atoms with E-state index in [0.29, 0.717) is 0 Å². The van der Waals surface area contributed by atoms with Crippen molar-refractivity contribution in [3.05, 3.63) is 28.2 Å². The molecular weight excluding hydrogens is 295 g/mol. The van der Waals surface area contributed by atoms with Crippen LogP contribution < -0.4 is 0 Å². The highest BCUT2D eigenvalue weighted by molar-refractivity contribution is 7.86. The monoisotopic (exact) mass is 308 g/mol. The maximum absolute atomic E-state index is 12.1. The molecule has 0 atom stereocenters. The van der Waals surface area contributed by atoms with Crippen molar-refractivity contribution in [2.45, 2.75) is 43.1 Å². The van der Waals surface area contributed by atoms with Crippen LogP contribution in [-0.4, -0.2) is 14.5 Å². The van der Waals surface area contributed by atoms with Gasteiger partial charge in [-0.25, -0.2) is 0 Å². The molecule has 6 heteroatoms. The van der Waals surface area contributed by atoms with Crippen molar-refractivity contribution < 1.29 is 12.6 Å². The van der Waals surface area contributed by atoms with Crippen molar-refractivity contribution in [2.24, 2.45) is 0 Å². The molecule has 1 aliphatic carbocycles. The number of halogens is 2. The third-order valence-electron chi connectivity index (χ3n) is 2.94. The Kier molecular flexibility index (Phi) is 4.54. The van der Waals surface area contributed by atoms with Crippen molar-refractivity contribution >= 4 is 33.3 Å². The van der Waals surface area contributed by atoms with Gasteiger partial charge in [0.05, 0.1) is 11.0 Å². The molecule has 0 spiro atoms. The quantitative estimate of drug-likeness (QED) is 0.792. The van der Waals surface area contributed by atoms with Crippen LogP contribution in [0.4, 0.5) is 0 Å². The summed E-state index contributed by atoms with van der Waals surface area (Å²) in [7, 11) is -3.77. The number of rotatable bonds is 3. The van der Waals surface area contributed by atoms with E-state index in [1.54, 1.807) is 0 Å². The van der Waals surface area contributed by atoms with Gasteiger partial charge >= 0.3 is 0 Å². The standard InChI is InChI=1S/C12H14Cl2O3S/c13-9-6-10(14)8-12(7-9)18(15,16)17-11-4-2-1-3-5-11/h6-8,11H,1-5H2. The third kappa shape index (κ3) is 3.60. The highest BCUT2D eigenvalue weighted by Gasteiger charge is 2.24. The summed E-state index contributed by atoms with van der Waals surface area (Å²) < 4.78 is 29.4. The average molecular weight is 309 g/mol. The fourth-order valence-corrected chi connectivity index (χ4v) is 3.93. The lowest BCUT2D eigenvalue weighted by Gasteiger charge is -2.21. The van der Waals surface area contributed by atoms with Crippen molar-refractivity contribution in [3.8, 4) is 0 Å². The van der Waals surface area contributed by atoms with Gasteiger partial charge in [0, 0.05) is 10.0 Å². The maximum Gasteiger partial charge on any atom is 0.297 e. The summed E-state index contributed by atoms with van der Waals surface area (Å²) in [5, 5.41) is 0.571. The first kappa shape index (κ1) is 14.1. The molecule has 0 amide bonds. The molecule has 100 valence electrons. The van der Waals surface area contributed by atoms with Crippen LogP contribution in [-0.2, 0) is 14.3 Å². The molecule has 0 heterocycles. The van der Waals surface area contributed by atoms with Crippen molar-refractivity contribution in [3.63, 3.8) is 0 Å². The summed E-state index contributed by atoms with van der Waals surface area (Å²) in [5.41, 5.74) is 0. The van der Waals surface area contributed by atoms with Gasteiger partial charge in [0.15, 0.2) is 0 Å². The smallest absolute Gasteiger partial charge is 0.263 e. The molecule has 1 aromatic rings. The lowest BCUT2D eigenvalue weighted by atomic mass is 9.98. The van der Waals surface area contributed by atoms with Gasteiger partial charge in [-0.1, -0.05) is 42.5 Å². The predicted octanol–water partition coefficient (Wildman–Crippen LogP) is 4.03. The molecule has 0 unspecified atom stereocenters. The summed E-state index contributed by atoms with van der Waals surface area (Å²) in [5.74, 6) is 0. The summed E-state index contributed by atoms with van der Waals surface area (Å²) in [6.07, 6.45) is 4.51. The highest BCUT2D eigenvalue weighted by atomic mass is 35.5. The minimum atomic E-state index is -3.77. The zero-order chi connectivity index (χ0) is 13.2. The molecule has 3 nitrogen and oxygen atoms in total. The number of benzene rings is 1. The summed E-state index contributed by atoms with van der Waals surface area (Å²) >= 11 is 11.6. The van der Waals surface area contributed by atoms with Crippen LogP contribution in [0.1, 0.15) is 32.1 Å². The minimum absolute atomic E-state index is 0.0190. The Hall–Kier alpha value is -0.290. The van der Waals surface area contributed by atoms with Crippen molar-refractivity contribution in [2.75, 3.05) is 0 Å². The second-order valence-electron chi connectivity index (χ2n) is 4.42. The maximum atomic E-state index is 12.1. The molecule has 1 fully saturated rings. The Morgan fingerprint density at radius 3 is 2.11 bits per heavy atom. The molecule has 18 heavy (non-hydrogen) atoms. The van der Waals surface area contributed by atoms with Gasteiger partial charge in [-0.3, -0.25) is 4.18 Å². The van der Waals surface area contributed by atoms with Gasteiger partial charge in [-0.2, -0.15) is 8.42 Å². The molecule has 1 aliphatic rings. The molecular formula is C12H14Cl2O3S. The molecule has 0 saturated heterocycles. The van der Waals surface area contributed by atoms with Crippen LogP contribution in [0.2, 0.25) is 10.0 Å². The molecule has 2 rings (SSSR count). The van der Waals surface area contributed by atoms with E-state index in [1.807, 2.05) is 0 Å². The Bertz CT molecular complexity index is 502.